The number of primary amides is 1. The average molecular weight is 388 g/mol. The fourth-order valence-electron chi connectivity index (χ4n) is 2.95. The van der Waals surface area contributed by atoms with Crippen LogP contribution in [0.3, 0.4) is 0 Å². The van der Waals surface area contributed by atoms with Crippen molar-refractivity contribution in [1.82, 2.24) is 0 Å². The maximum absolute atomic E-state index is 12.5. The van der Waals surface area contributed by atoms with E-state index < -0.39 is 23.5 Å². The second kappa shape index (κ2) is 9.00. The number of carbonyl (C=O) groups is 2. The first kappa shape index (κ1) is 20.9. The molecule has 0 bridgehead atoms. The standard InChI is InChI=1S/C18H24N6O4/c1-10-7-16(26)28-14-8-11(4-5-12(10)14)24(15(25)9-19)13(17(20)27)3-2-6-23-18(21)22/h4-5,7-8,13H,2-3,6,9,19H2,1H3,(H2,20,27)(H4,21,22,23)/t13-/m0/s1. The third-order valence-electron chi connectivity index (χ3n) is 4.23. The molecule has 0 aliphatic carbocycles. The summed E-state index contributed by atoms with van der Waals surface area (Å²) in [6, 6.07) is 5.29. The Balaban J connectivity index is 2.44. The fourth-order valence-corrected chi connectivity index (χ4v) is 2.95. The fraction of sp³-hybridized carbons (Fsp3) is 0.333. The summed E-state index contributed by atoms with van der Waals surface area (Å²) >= 11 is 0. The molecule has 1 atom stereocenters. The highest BCUT2D eigenvalue weighted by atomic mass is 16.4. The number of anilines is 1. The summed E-state index contributed by atoms with van der Waals surface area (Å²) in [6.45, 7) is 1.73. The van der Waals surface area contributed by atoms with E-state index >= 15 is 0 Å². The van der Waals surface area contributed by atoms with Gasteiger partial charge in [0.15, 0.2) is 5.96 Å². The van der Waals surface area contributed by atoms with E-state index in [1.807, 2.05) is 0 Å². The van der Waals surface area contributed by atoms with Crippen molar-refractivity contribution < 1.29 is 14.0 Å². The van der Waals surface area contributed by atoms with Gasteiger partial charge in [0.2, 0.25) is 11.8 Å². The van der Waals surface area contributed by atoms with Gasteiger partial charge in [0.1, 0.15) is 11.6 Å². The number of amides is 2. The highest BCUT2D eigenvalue weighted by Crippen LogP contribution is 2.26. The Morgan fingerprint density at radius 2 is 1.93 bits per heavy atom. The third kappa shape index (κ3) is 4.86. The van der Waals surface area contributed by atoms with Gasteiger partial charge in [-0.3, -0.25) is 19.5 Å². The number of rotatable bonds is 8. The summed E-state index contributed by atoms with van der Waals surface area (Å²) in [7, 11) is 0. The largest absolute Gasteiger partial charge is 0.423 e. The molecule has 0 fully saturated rings. The number of hydrogen-bond donors (Lipinski definition) is 4. The molecule has 8 N–H and O–H groups in total. The quantitative estimate of drug-likeness (QED) is 0.199. The summed E-state index contributed by atoms with van der Waals surface area (Å²) in [4.78, 5) is 41.3. The molecule has 0 unspecified atom stereocenters. The molecule has 0 aliphatic heterocycles. The average Bonchev–Trinajstić information content (AvgIpc) is 2.62. The van der Waals surface area contributed by atoms with Crippen molar-refractivity contribution in [2.24, 2.45) is 27.9 Å². The monoisotopic (exact) mass is 388 g/mol. The normalized spacial score (nSPS) is 11.8. The molecule has 0 radical (unpaired) electrons. The van der Waals surface area contributed by atoms with E-state index in [-0.39, 0.29) is 25.5 Å². The lowest BCUT2D eigenvalue weighted by Gasteiger charge is -2.29. The van der Waals surface area contributed by atoms with Gasteiger partial charge in [-0.25, -0.2) is 4.79 Å². The number of hydrogen-bond acceptors (Lipinski definition) is 6. The van der Waals surface area contributed by atoms with Crippen LogP contribution >= 0.6 is 0 Å². The van der Waals surface area contributed by atoms with E-state index in [0.29, 0.717) is 23.1 Å². The van der Waals surface area contributed by atoms with Gasteiger partial charge in [0, 0.05) is 29.8 Å². The number of guanidine groups is 1. The zero-order chi connectivity index (χ0) is 20.8. The highest BCUT2D eigenvalue weighted by Gasteiger charge is 2.29. The van der Waals surface area contributed by atoms with Crippen LogP contribution in [0.15, 0.2) is 38.5 Å². The third-order valence-corrected chi connectivity index (χ3v) is 4.23. The van der Waals surface area contributed by atoms with Crippen LogP contribution in [-0.2, 0) is 9.59 Å². The van der Waals surface area contributed by atoms with E-state index in [1.54, 1.807) is 19.1 Å². The predicted octanol–water partition coefficient (Wildman–Crippen LogP) is -0.699. The molecule has 0 saturated heterocycles. The summed E-state index contributed by atoms with van der Waals surface area (Å²) < 4.78 is 5.23. The van der Waals surface area contributed by atoms with Crippen molar-refractivity contribution in [3.63, 3.8) is 0 Å². The maximum atomic E-state index is 12.5. The van der Waals surface area contributed by atoms with Gasteiger partial charge in [-0.05, 0) is 37.5 Å². The van der Waals surface area contributed by atoms with Crippen LogP contribution in [0.4, 0.5) is 5.69 Å². The summed E-state index contributed by atoms with van der Waals surface area (Å²) in [5, 5.41) is 0.715. The molecule has 0 aliphatic rings. The molecular formula is C18H24N6O4. The molecule has 0 spiro atoms. The number of nitrogens with two attached hydrogens (primary N) is 4. The Morgan fingerprint density at radius 1 is 1.21 bits per heavy atom. The maximum Gasteiger partial charge on any atom is 0.336 e. The van der Waals surface area contributed by atoms with Gasteiger partial charge >= 0.3 is 5.63 Å². The molecule has 0 saturated carbocycles. The molecule has 150 valence electrons. The first-order valence-electron chi connectivity index (χ1n) is 8.66. The van der Waals surface area contributed by atoms with Crippen LogP contribution in [-0.4, -0.2) is 36.9 Å². The summed E-state index contributed by atoms with van der Waals surface area (Å²) in [5.74, 6) is -1.26. The van der Waals surface area contributed by atoms with E-state index in [4.69, 9.17) is 27.4 Å². The van der Waals surface area contributed by atoms with E-state index in [0.717, 1.165) is 5.56 Å². The Bertz CT molecular complexity index is 964. The lowest BCUT2D eigenvalue weighted by atomic mass is 10.1. The van der Waals surface area contributed by atoms with Crippen molar-refractivity contribution in [3.05, 3.63) is 40.2 Å². The van der Waals surface area contributed by atoms with Crippen LogP contribution in [0.25, 0.3) is 11.0 Å². The second-order valence-electron chi connectivity index (χ2n) is 6.26. The molecule has 10 nitrogen and oxygen atoms in total. The second-order valence-corrected chi connectivity index (χ2v) is 6.26. The Hall–Kier alpha value is -3.40. The smallest absolute Gasteiger partial charge is 0.336 e. The van der Waals surface area contributed by atoms with Crippen LogP contribution in [0.5, 0.6) is 0 Å². The van der Waals surface area contributed by atoms with Crippen LogP contribution in [0.1, 0.15) is 18.4 Å². The van der Waals surface area contributed by atoms with E-state index in [1.165, 1.54) is 17.0 Å². The molecule has 28 heavy (non-hydrogen) atoms. The Kier molecular flexibility index (Phi) is 6.72. The minimum Gasteiger partial charge on any atom is -0.423 e. The predicted molar refractivity (Wildman–Crippen MR) is 107 cm³/mol. The van der Waals surface area contributed by atoms with Crippen molar-refractivity contribution in [1.29, 1.82) is 0 Å². The topological polar surface area (TPSA) is 184 Å². The minimum absolute atomic E-state index is 0.0644. The first-order valence-corrected chi connectivity index (χ1v) is 8.66. The van der Waals surface area contributed by atoms with Crippen LogP contribution < -0.4 is 33.5 Å². The number of benzene rings is 1. The van der Waals surface area contributed by atoms with Crippen molar-refractivity contribution in [2.75, 3.05) is 18.0 Å². The molecule has 2 rings (SSSR count). The van der Waals surface area contributed by atoms with Gasteiger partial charge in [0.05, 0.1) is 6.54 Å². The van der Waals surface area contributed by atoms with Crippen LogP contribution in [0, 0.1) is 6.92 Å². The van der Waals surface area contributed by atoms with Crippen LogP contribution in [0.2, 0.25) is 0 Å². The number of aryl methyl sites for hydroxylation is 1. The van der Waals surface area contributed by atoms with Gasteiger partial charge in [-0.15, -0.1) is 0 Å². The van der Waals surface area contributed by atoms with Crippen molar-refractivity contribution in [2.45, 2.75) is 25.8 Å². The number of aliphatic imine (C=N–C) groups is 1. The molecule has 1 aromatic heterocycles. The minimum atomic E-state index is -0.959. The van der Waals surface area contributed by atoms with Gasteiger partial charge < -0.3 is 27.4 Å². The number of nitrogens with zero attached hydrogens (tertiary/aromatic N) is 2. The summed E-state index contributed by atoms with van der Waals surface area (Å²) in [5.41, 5.74) is 22.5. The van der Waals surface area contributed by atoms with Crippen molar-refractivity contribution >= 4 is 34.4 Å². The van der Waals surface area contributed by atoms with Gasteiger partial charge in [-0.1, -0.05) is 0 Å². The lowest BCUT2D eigenvalue weighted by molar-refractivity contribution is -0.124. The van der Waals surface area contributed by atoms with Gasteiger partial charge in [0.25, 0.3) is 0 Å². The molecule has 2 aromatic rings. The van der Waals surface area contributed by atoms with Gasteiger partial charge in [-0.2, -0.15) is 0 Å². The number of fused-ring (bicyclic) bond motifs is 1. The Labute approximate surface area is 161 Å². The zero-order valence-electron chi connectivity index (χ0n) is 15.6. The Morgan fingerprint density at radius 3 is 2.54 bits per heavy atom. The molecular weight excluding hydrogens is 364 g/mol. The number of carbonyl (C=O) groups excluding carboxylic acids is 2. The highest BCUT2D eigenvalue weighted by molar-refractivity contribution is 6.02. The molecule has 2 amide bonds. The molecule has 10 heteroatoms. The molecule has 1 heterocycles. The first-order chi connectivity index (χ1) is 13.2. The lowest BCUT2D eigenvalue weighted by Crippen LogP contribution is -2.50. The zero-order valence-corrected chi connectivity index (χ0v) is 15.6. The SMILES string of the molecule is Cc1cc(=O)oc2cc(N(C(=O)CN)[C@@H](CCCN=C(N)N)C(N)=O)ccc12. The van der Waals surface area contributed by atoms with Crippen molar-refractivity contribution in [3.8, 4) is 0 Å². The van der Waals surface area contributed by atoms with E-state index in [9.17, 15) is 14.4 Å². The van der Waals surface area contributed by atoms with E-state index in [2.05, 4.69) is 4.99 Å². The molecule has 1 aromatic carbocycles. The summed E-state index contributed by atoms with van der Waals surface area (Å²) in [6.07, 6.45) is 0.648.